The third-order valence-electron chi connectivity index (χ3n) is 4.30. The standard InChI is InChI=1S/C13H15F3N4O2/c14-13(15,16)10-4-18-11(5-17-10)19-8-3-7-1-2-9(8)20(6-7)12(21)22/h4-5,7-9H,1-3,6H2,(H,18,19)(H,21,22). The highest BCUT2D eigenvalue weighted by atomic mass is 19.4. The largest absolute Gasteiger partial charge is 0.465 e. The van der Waals surface area contributed by atoms with Crippen molar-refractivity contribution in [3.63, 3.8) is 0 Å². The van der Waals surface area contributed by atoms with Crippen molar-refractivity contribution in [3.05, 3.63) is 18.1 Å². The lowest BCUT2D eigenvalue weighted by Crippen LogP contribution is -2.59. The molecule has 3 unspecified atom stereocenters. The van der Waals surface area contributed by atoms with Crippen molar-refractivity contribution >= 4 is 11.9 Å². The molecule has 2 N–H and O–H groups in total. The second kappa shape index (κ2) is 5.29. The van der Waals surface area contributed by atoms with E-state index in [1.54, 1.807) is 0 Å². The Morgan fingerprint density at radius 1 is 1.32 bits per heavy atom. The van der Waals surface area contributed by atoms with Crippen molar-refractivity contribution in [3.8, 4) is 0 Å². The van der Waals surface area contributed by atoms with Gasteiger partial charge in [0.2, 0.25) is 0 Å². The molecule has 1 aromatic rings. The summed E-state index contributed by atoms with van der Waals surface area (Å²) < 4.78 is 37.3. The first-order valence-corrected chi connectivity index (χ1v) is 7.00. The average molecular weight is 316 g/mol. The van der Waals surface area contributed by atoms with Crippen molar-refractivity contribution in [2.75, 3.05) is 11.9 Å². The van der Waals surface area contributed by atoms with Gasteiger partial charge in [-0.1, -0.05) is 0 Å². The second-order valence-electron chi connectivity index (χ2n) is 5.72. The number of aromatic nitrogens is 2. The van der Waals surface area contributed by atoms with E-state index in [1.165, 1.54) is 4.90 Å². The van der Waals surface area contributed by atoms with E-state index in [0.717, 1.165) is 25.5 Å². The first-order chi connectivity index (χ1) is 10.3. The highest BCUT2D eigenvalue weighted by Gasteiger charge is 2.43. The van der Waals surface area contributed by atoms with Crippen LogP contribution in [0.15, 0.2) is 12.4 Å². The van der Waals surface area contributed by atoms with Crippen LogP contribution in [0.4, 0.5) is 23.8 Å². The van der Waals surface area contributed by atoms with Gasteiger partial charge in [0.25, 0.3) is 0 Å². The number of alkyl halides is 3. The van der Waals surface area contributed by atoms with Gasteiger partial charge in [-0.15, -0.1) is 0 Å². The smallest absolute Gasteiger partial charge is 0.434 e. The third-order valence-corrected chi connectivity index (χ3v) is 4.30. The highest BCUT2D eigenvalue weighted by Crippen LogP contribution is 2.36. The minimum atomic E-state index is -4.52. The van der Waals surface area contributed by atoms with Crippen LogP contribution < -0.4 is 5.32 Å². The van der Waals surface area contributed by atoms with Crippen molar-refractivity contribution in [2.45, 2.75) is 37.5 Å². The number of halogens is 3. The number of nitrogens with one attached hydrogen (secondary N) is 1. The lowest BCUT2D eigenvalue weighted by molar-refractivity contribution is -0.141. The minimum Gasteiger partial charge on any atom is -0.465 e. The van der Waals surface area contributed by atoms with Crippen LogP contribution in [0.5, 0.6) is 0 Å². The zero-order valence-corrected chi connectivity index (χ0v) is 11.5. The number of rotatable bonds is 2. The van der Waals surface area contributed by atoms with Crippen LogP contribution in [0.2, 0.25) is 0 Å². The Bertz CT molecular complexity index is 563. The van der Waals surface area contributed by atoms with E-state index in [4.69, 9.17) is 0 Å². The molecule has 6 nitrogen and oxygen atoms in total. The number of carboxylic acid groups (broad SMARTS) is 1. The molecule has 0 spiro atoms. The zero-order chi connectivity index (χ0) is 15.9. The Morgan fingerprint density at radius 3 is 2.64 bits per heavy atom. The number of hydrogen-bond acceptors (Lipinski definition) is 4. The Morgan fingerprint density at radius 2 is 2.09 bits per heavy atom. The summed E-state index contributed by atoms with van der Waals surface area (Å²) in [6.07, 6.45) is -1.24. The van der Waals surface area contributed by atoms with Gasteiger partial charge < -0.3 is 15.3 Å². The number of amides is 1. The molecule has 1 amide bonds. The maximum Gasteiger partial charge on any atom is 0.434 e. The van der Waals surface area contributed by atoms with Gasteiger partial charge in [-0.25, -0.2) is 14.8 Å². The van der Waals surface area contributed by atoms with Crippen molar-refractivity contribution < 1.29 is 23.1 Å². The fourth-order valence-electron chi connectivity index (χ4n) is 3.31. The van der Waals surface area contributed by atoms with Crippen molar-refractivity contribution in [2.24, 2.45) is 5.92 Å². The number of hydrogen-bond donors (Lipinski definition) is 2. The zero-order valence-electron chi connectivity index (χ0n) is 11.5. The van der Waals surface area contributed by atoms with Gasteiger partial charge >= 0.3 is 12.3 Å². The molecule has 2 saturated heterocycles. The van der Waals surface area contributed by atoms with Gasteiger partial charge in [0.1, 0.15) is 5.82 Å². The number of carbonyl (C=O) groups is 1. The number of fused-ring (bicyclic) bond motifs is 3. The fourth-order valence-corrected chi connectivity index (χ4v) is 3.31. The second-order valence-corrected chi connectivity index (χ2v) is 5.72. The summed E-state index contributed by atoms with van der Waals surface area (Å²) in [5.74, 6) is 0.511. The van der Waals surface area contributed by atoms with Crippen LogP contribution in [0.1, 0.15) is 25.0 Å². The molecule has 2 aliphatic heterocycles. The molecule has 3 fully saturated rings. The number of piperidine rings is 2. The summed E-state index contributed by atoms with van der Waals surface area (Å²) >= 11 is 0. The van der Waals surface area contributed by atoms with Crippen LogP contribution in [-0.4, -0.2) is 44.7 Å². The van der Waals surface area contributed by atoms with E-state index < -0.39 is 18.0 Å². The van der Waals surface area contributed by atoms with E-state index in [9.17, 15) is 23.1 Å². The predicted molar refractivity (Wildman–Crippen MR) is 70.3 cm³/mol. The Kier molecular flexibility index (Phi) is 3.57. The summed E-state index contributed by atoms with van der Waals surface area (Å²) in [5.41, 5.74) is -1.05. The molecule has 2 bridgehead atoms. The van der Waals surface area contributed by atoms with Crippen LogP contribution in [0, 0.1) is 5.92 Å². The van der Waals surface area contributed by atoms with Crippen LogP contribution in [0.25, 0.3) is 0 Å². The highest BCUT2D eigenvalue weighted by molar-refractivity contribution is 5.66. The maximum absolute atomic E-state index is 12.4. The van der Waals surface area contributed by atoms with Gasteiger partial charge in [0, 0.05) is 12.6 Å². The van der Waals surface area contributed by atoms with Gasteiger partial charge in [-0.2, -0.15) is 13.2 Å². The molecule has 0 aromatic carbocycles. The molecule has 22 heavy (non-hydrogen) atoms. The minimum absolute atomic E-state index is 0.144. The normalized spacial score (nSPS) is 27.8. The predicted octanol–water partition coefficient (Wildman–Crippen LogP) is 2.44. The molecule has 1 aromatic heterocycles. The molecule has 4 rings (SSSR count). The monoisotopic (exact) mass is 316 g/mol. The first-order valence-electron chi connectivity index (χ1n) is 7.00. The molecule has 9 heteroatoms. The van der Waals surface area contributed by atoms with E-state index in [1.807, 2.05) is 0 Å². The van der Waals surface area contributed by atoms with Crippen LogP contribution >= 0.6 is 0 Å². The summed E-state index contributed by atoms with van der Waals surface area (Å²) in [5, 5.41) is 12.2. The molecule has 1 saturated carbocycles. The van der Waals surface area contributed by atoms with Gasteiger partial charge in [-0.3, -0.25) is 0 Å². The van der Waals surface area contributed by atoms with E-state index in [0.29, 0.717) is 12.7 Å². The quantitative estimate of drug-likeness (QED) is 0.876. The van der Waals surface area contributed by atoms with Crippen LogP contribution in [-0.2, 0) is 6.18 Å². The summed E-state index contributed by atoms with van der Waals surface area (Å²) in [4.78, 5) is 19.7. The molecule has 3 aliphatic rings. The lowest BCUT2D eigenvalue weighted by Gasteiger charge is -2.48. The van der Waals surface area contributed by atoms with Crippen LogP contribution in [0.3, 0.4) is 0 Å². The molecule has 3 atom stereocenters. The van der Waals surface area contributed by atoms with Crippen molar-refractivity contribution in [1.29, 1.82) is 0 Å². The molecule has 120 valence electrons. The summed E-state index contributed by atoms with van der Waals surface area (Å²) in [6, 6.07) is -0.318. The third kappa shape index (κ3) is 2.79. The van der Waals surface area contributed by atoms with Crippen molar-refractivity contribution in [1.82, 2.24) is 14.9 Å². The Balaban J connectivity index is 1.72. The van der Waals surface area contributed by atoms with E-state index >= 15 is 0 Å². The average Bonchev–Trinajstić information content (AvgIpc) is 2.47. The molecule has 3 heterocycles. The molecular formula is C13H15F3N4O2. The molecule has 0 radical (unpaired) electrons. The summed E-state index contributed by atoms with van der Waals surface area (Å²) in [6.45, 7) is 0.525. The molecular weight excluding hydrogens is 301 g/mol. The Labute approximate surface area is 124 Å². The topological polar surface area (TPSA) is 78.4 Å². The number of nitrogens with zero attached hydrogens (tertiary/aromatic N) is 3. The first kappa shape index (κ1) is 14.9. The lowest BCUT2D eigenvalue weighted by atomic mass is 9.76. The van der Waals surface area contributed by atoms with Gasteiger partial charge in [0.05, 0.1) is 18.4 Å². The Hall–Kier alpha value is -2.06. The van der Waals surface area contributed by atoms with Gasteiger partial charge in [0.15, 0.2) is 5.69 Å². The van der Waals surface area contributed by atoms with Gasteiger partial charge in [-0.05, 0) is 25.2 Å². The van der Waals surface area contributed by atoms with E-state index in [-0.39, 0.29) is 23.8 Å². The summed E-state index contributed by atoms with van der Waals surface area (Å²) in [7, 11) is 0. The maximum atomic E-state index is 12.4. The van der Waals surface area contributed by atoms with E-state index in [2.05, 4.69) is 15.3 Å². The fraction of sp³-hybridized carbons (Fsp3) is 0.615. The molecule has 1 aliphatic carbocycles. The SMILES string of the molecule is O=C(O)N1CC2CCC1C(Nc1cnc(C(F)(F)F)cn1)C2. The number of anilines is 1.